The molecule has 2 N–H and O–H groups in total. The lowest BCUT2D eigenvalue weighted by Gasteiger charge is -2.26. The van der Waals surface area contributed by atoms with Gasteiger partial charge >= 0.3 is 0 Å². The third-order valence-electron chi connectivity index (χ3n) is 4.90. The highest BCUT2D eigenvalue weighted by Crippen LogP contribution is 2.63. The largest absolute Gasteiger partial charge is 0.330 e. The van der Waals surface area contributed by atoms with Crippen molar-refractivity contribution in [1.29, 1.82) is 0 Å². The molecule has 2 aliphatic rings. The van der Waals surface area contributed by atoms with E-state index in [1.807, 2.05) is 12.1 Å². The molecule has 2 atom stereocenters. The van der Waals surface area contributed by atoms with E-state index in [9.17, 15) is 0 Å². The van der Waals surface area contributed by atoms with Crippen LogP contribution in [0.4, 0.5) is 0 Å². The molecule has 1 aromatic carbocycles. The predicted octanol–water partition coefficient (Wildman–Crippen LogP) is 3.75. The van der Waals surface area contributed by atoms with Crippen LogP contribution in [0.5, 0.6) is 0 Å². The normalized spacial score (nSPS) is 32.9. The molecule has 2 aliphatic carbocycles. The molecular formula is C15H20ClN. The summed E-state index contributed by atoms with van der Waals surface area (Å²) >= 11 is 6.41. The van der Waals surface area contributed by atoms with E-state index in [4.69, 9.17) is 17.3 Å². The van der Waals surface area contributed by atoms with Crippen molar-refractivity contribution in [3.63, 3.8) is 0 Å². The molecular weight excluding hydrogens is 230 g/mol. The second kappa shape index (κ2) is 4.29. The van der Waals surface area contributed by atoms with Crippen molar-refractivity contribution in [2.24, 2.45) is 17.6 Å². The molecule has 0 amide bonds. The molecule has 0 aromatic heterocycles. The summed E-state index contributed by atoms with van der Waals surface area (Å²) in [4.78, 5) is 0. The topological polar surface area (TPSA) is 26.0 Å². The molecule has 2 saturated carbocycles. The lowest BCUT2D eigenvalue weighted by atomic mass is 9.79. The first-order valence-electron chi connectivity index (χ1n) is 6.74. The molecule has 1 aromatic rings. The van der Waals surface area contributed by atoms with Gasteiger partial charge in [-0.2, -0.15) is 0 Å². The van der Waals surface area contributed by atoms with E-state index in [0.717, 1.165) is 17.5 Å². The van der Waals surface area contributed by atoms with Gasteiger partial charge in [-0.3, -0.25) is 0 Å². The summed E-state index contributed by atoms with van der Waals surface area (Å²) in [6.45, 7) is 0.807. The van der Waals surface area contributed by atoms with Gasteiger partial charge in [0.1, 0.15) is 0 Å². The van der Waals surface area contributed by atoms with E-state index < -0.39 is 0 Å². The van der Waals surface area contributed by atoms with E-state index in [0.29, 0.717) is 11.3 Å². The Morgan fingerprint density at radius 1 is 1.24 bits per heavy atom. The van der Waals surface area contributed by atoms with Crippen molar-refractivity contribution in [2.75, 3.05) is 6.54 Å². The van der Waals surface area contributed by atoms with Gasteiger partial charge in [-0.25, -0.2) is 0 Å². The molecule has 2 fully saturated rings. The SMILES string of the molecule is NC[C@@H]1CC1(c1ccccc1Cl)C1CCCC1. The molecule has 92 valence electrons. The molecule has 3 rings (SSSR count). The summed E-state index contributed by atoms with van der Waals surface area (Å²) in [5.74, 6) is 1.47. The Bertz CT molecular complexity index is 411. The molecule has 1 unspecified atom stereocenters. The van der Waals surface area contributed by atoms with Crippen molar-refractivity contribution in [3.8, 4) is 0 Å². The van der Waals surface area contributed by atoms with E-state index in [-0.39, 0.29) is 0 Å². The quantitative estimate of drug-likeness (QED) is 0.868. The summed E-state index contributed by atoms with van der Waals surface area (Å²) in [5, 5.41) is 0.940. The Balaban J connectivity index is 1.98. The minimum absolute atomic E-state index is 0.323. The average Bonchev–Trinajstić information content (AvgIpc) is 2.83. The molecule has 0 radical (unpaired) electrons. The Hall–Kier alpha value is -0.530. The number of hydrogen-bond donors (Lipinski definition) is 1. The number of benzene rings is 1. The summed E-state index contributed by atoms with van der Waals surface area (Å²) in [5.41, 5.74) is 7.61. The van der Waals surface area contributed by atoms with Gasteiger partial charge in [0.2, 0.25) is 0 Å². The van der Waals surface area contributed by atoms with Crippen LogP contribution in [0.2, 0.25) is 5.02 Å². The molecule has 2 heteroatoms. The third-order valence-corrected chi connectivity index (χ3v) is 5.23. The van der Waals surface area contributed by atoms with Gasteiger partial charge in [-0.05, 0) is 49.3 Å². The van der Waals surface area contributed by atoms with Crippen molar-refractivity contribution >= 4 is 11.6 Å². The zero-order valence-electron chi connectivity index (χ0n) is 10.2. The first-order valence-corrected chi connectivity index (χ1v) is 7.12. The Morgan fingerprint density at radius 3 is 2.53 bits per heavy atom. The van der Waals surface area contributed by atoms with Gasteiger partial charge in [0.15, 0.2) is 0 Å². The van der Waals surface area contributed by atoms with Crippen LogP contribution in [0.1, 0.15) is 37.7 Å². The van der Waals surface area contributed by atoms with Crippen molar-refractivity contribution < 1.29 is 0 Å². The highest BCUT2D eigenvalue weighted by Gasteiger charge is 2.59. The van der Waals surface area contributed by atoms with Crippen LogP contribution in [-0.4, -0.2) is 6.54 Å². The van der Waals surface area contributed by atoms with E-state index in [1.54, 1.807) is 0 Å². The molecule has 0 saturated heterocycles. The van der Waals surface area contributed by atoms with Gasteiger partial charge in [-0.15, -0.1) is 0 Å². The fraction of sp³-hybridized carbons (Fsp3) is 0.600. The number of nitrogens with two attached hydrogens (primary N) is 1. The first kappa shape index (κ1) is 11.6. The second-order valence-electron chi connectivity index (χ2n) is 5.64. The third kappa shape index (κ3) is 1.71. The number of hydrogen-bond acceptors (Lipinski definition) is 1. The number of rotatable bonds is 3. The Morgan fingerprint density at radius 2 is 1.94 bits per heavy atom. The molecule has 0 spiro atoms. The van der Waals surface area contributed by atoms with Crippen LogP contribution >= 0.6 is 11.6 Å². The van der Waals surface area contributed by atoms with Crippen LogP contribution in [0.3, 0.4) is 0 Å². The molecule has 17 heavy (non-hydrogen) atoms. The van der Waals surface area contributed by atoms with Crippen LogP contribution in [-0.2, 0) is 5.41 Å². The second-order valence-corrected chi connectivity index (χ2v) is 6.05. The van der Waals surface area contributed by atoms with Crippen LogP contribution in [0.25, 0.3) is 0 Å². The number of halogens is 1. The maximum atomic E-state index is 6.41. The highest BCUT2D eigenvalue weighted by molar-refractivity contribution is 6.31. The Labute approximate surface area is 108 Å². The van der Waals surface area contributed by atoms with Crippen molar-refractivity contribution in [1.82, 2.24) is 0 Å². The minimum Gasteiger partial charge on any atom is -0.330 e. The zero-order valence-corrected chi connectivity index (χ0v) is 10.9. The van der Waals surface area contributed by atoms with Gasteiger partial charge in [0, 0.05) is 10.4 Å². The monoisotopic (exact) mass is 249 g/mol. The lowest BCUT2D eigenvalue weighted by molar-refractivity contribution is 0.386. The van der Waals surface area contributed by atoms with E-state index >= 15 is 0 Å². The van der Waals surface area contributed by atoms with Crippen molar-refractivity contribution in [3.05, 3.63) is 34.9 Å². The molecule has 0 aliphatic heterocycles. The molecule has 1 nitrogen and oxygen atoms in total. The van der Waals surface area contributed by atoms with Gasteiger partial charge in [-0.1, -0.05) is 42.6 Å². The van der Waals surface area contributed by atoms with Crippen LogP contribution in [0, 0.1) is 11.8 Å². The summed E-state index contributed by atoms with van der Waals surface area (Å²) in [6.07, 6.45) is 6.74. The standard InChI is InChI=1S/C15H20ClN/c16-14-8-4-3-7-13(14)15(9-12(15)10-17)11-5-1-2-6-11/h3-4,7-8,11-12H,1-2,5-6,9-10,17H2/t12-,15?/m0/s1. The van der Waals surface area contributed by atoms with E-state index in [2.05, 4.69) is 12.1 Å². The summed E-state index contributed by atoms with van der Waals surface area (Å²) in [7, 11) is 0. The maximum Gasteiger partial charge on any atom is 0.0443 e. The van der Waals surface area contributed by atoms with Crippen LogP contribution in [0.15, 0.2) is 24.3 Å². The maximum absolute atomic E-state index is 6.41. The molecule has 0 heterocycles. The minimum atomic E-state index is 0.323. The smallest absolute Gasteiger partial charge is 0.0443 e. The molecule has 0 bridgehead atoms. The fourth-order valence-electron chi connectivity index (χ4n) is 3.97. The summed E-state index contributed by atoms with van der Waals surface area (Å²) < 4.78 is 0. The van der Waals surface area contributed by atoms with Gasteiger partial charge in [0.25, 0.3) is 0 Å². The summed E-state index contributed by atoms with van der Waals surface area (Å²) in [6, 6.07) is 8.38. The van der Waals surface area contributed by atoms with Gasteiger partial charge < -0.3 is 5.73 Å². The van der Waals surface area contributed by atoms with Crippen LogP contribution < -0.4 is 5.73 Å². The lowest BCUT2D eigenvalue weighted by Crippen LogP contribution is -2.24. The van der Waals surface area contributed by atoms with Gasteiger partial charge in [0.05, 0.1) is 0 Å². The predicted molar refractivity (Wildman–Crippen MR) is 72.2 cm³/mol. The highest BCUT2D eigenvalue weighted by atomic mass is 35.5. The fourth-order valence-corrected chi connectivity index (χ4v) is 4.28. The van der Waals surface area contributed by atoms with E-state index in [1.165, 1.54) is 37.7 Å². The zero-order chi connectivity index (χ0) is 11.9. The average molecular weight is 250 g/mol. The Kier molecular flexibility index (Phi) is 2.92. The van der Waals surface area contributed by atoms with Crippen molar-refractivity contribution in [2.45, 2.75) is 37.5 Å². The first-order chi connectivity index (χ1) is 8.29.